The van der Waals surface area contributed by atoms with Crippen LogP contribution in [-0.2, 0) is 32.1 Å². The van der Waals surface area contributed by atoms with Crippen molar-refractivity contribution in [3.05, 3.63) is 46.3 Å². The van der Waals surface area contributed by atoms with E-state index >= 15 is 0 Å². The summed E-state index contributed by atoms with van der Waals surface area (Å²) in [7, 11) is 0.982. The van der Waals surface area contributed by atoms with Crippen molar-refractivity contribution in [3.63, 3.8) is 0 Å². The van der Waals surface area contributed by atoms with Crippen LogP contribution in [0, 0.1) is 52.9 Å². The van der Waals surface area contributed by atoms with Gasteiger partial charge in [0.15, 0.2) is 23.3 Å². The van der Waals surface area contributed by atoms with Gasteiger partial charge in [-0.3, -0.25) is 4.79 Å². The van der Waals surface area contributed by atoms with E-state index < -0.39 is 82.4 Å². The largest absolute Gasteiger partial charge is 0.464 e. The lowest BCUT2D eigenvalue weighted by Crippen LogP contribution is -2.14. The molecule has 0 radical (unpaired) electrons. The number of hydrogen-bond donors (Lipinski definition) is 0. The molecule has 2 rings (SSSR count). The first-order chi connectivity index (χ1) is 13.5. The Balaban J connectivity index is 2.18. The molecule has 0 heterocycles. The molecule has 0 aliphatic heterocycles. The van der Waals surface area contributed by atoms with E-state index in [1.807, 2.05) is 5.92 Å². The van der Waals surface area contributed by atoms with E-state index in [0.717, 1.165) is 13.2 Å². The summed E-state index contributed by atoms with van der Waals surface area (Å²) >= 11 is 0. The fourth-order valence-electron chi connectivity index (χ4n) is 3.10. The molecule has 0 bridgehead atoms. The molecule has 1 aliphatic carbocycles. The molecule has 1 aromatic rings. The molecule has 1 aromatic carbocycles. The first-order valence-corrected chi connectivity index (χ1v) is 8.38. The summed E-state index contributed by atoms with van der Waals surface area (Å²) in [5.41, 5.74) is -2.86. The summed E-state index contributed by atoms with van der Waals surface area (Å²) in [5, 5.41) is 0. The van der Waals surface area contributed by atoms with Crippen molar-refractivity contribution in [2.75, 3.05) is 7.11 Å². The fourth-order valence-corrected chi connectivity index (χ4v) is 3.10. The Hall–Kier alpha value is -2.89. The van der Waals surface area contributed by atoms with Gasteiger partial charge in [-0.05, 0) is 17.4 Å². The smallest absolute Gasteiger partial charge is 0.366 e. The van der Waals surface area contributed by atoms with E-state index in [2.05, 4.69) is 4.74 Å². The second-order valence-electron chi connectivity index (χ2n) is 7.03. The van der Waals surface area contributed by atoms with Crippen molar-refractivity contribution in [1.82, 2.24) is 0 Å². The van der Waals surface area contributed by atoms with Crippen LogP contribution >= 0.6 is 0 Å². The number of halogens is 5. The van der Waals surface area contributed by atoms with Crippen molar-refractivity contribution in [2.45, 2.75) is 26.9 Å². The number of esters is 2. The summed E-state index contributed by atoms with van der Waals surface area (Å²) in [4.78, 5) is 23.4. The van der Waals surface area contributed by atoms with Crippen LogP contribution in [0.2, 0.25) is 0 Å². The molecule has 1 aliphatic rings. The van der Waals surface area contributed by atoms with Gasteiger partial charge in [-0.25, -0.2) is 22.4 Å². The molecule has 0 N–H and O–H groups in total. The minimum atomic E-state index is -1.72. The van der Waals surface area contributed by atoms with E-state index in [0.29, 0.717) is 0 Å². The number of benzene rings is 1. The van der Waals surface area contributed by atoms with Crippen LogP contribution in [0.25, 0.3) is 0 Å². The highest BCUT2D eigenvalue weighted by atomic mass is 19.2. The zero-order chi connectivity index (χ0) is 22.1. The van der Waals surface area contributed by atoms with Crippen LogP contribution in [0.5, 0.6) is 0 Å². The highest BCUT2D eigenvalue weighted by Crippen LogP contribution is 2.60. The lowest BCUT2D eigenvalue weighted by molar-refractivity contribution is -0.147. The Morgan fingerprint density at radius 2 is 1.62 bits per heavy atom. The number of carbonyl (C=O) groups excluding carboxylic acids is 2. The quantitative estimate of drug-likeness (QED) is 0.233. The van der Waals surface area contributed by atoms with Gasteiger partial charge in [-0.1, -0.05) is 13.8 Å². The van der Waals surface area contributed by atoms with Crippen LogP contribution in [-0.4, -0.2) is 19.0 Å². The minimum absolute atomic E-state index is 0.665. The maximum Gasteiger partial charge on any atom is 0.366 e. The molecule has 4 nitrogen and oxygen atoms in total. The van der Waals surface area contributed by atoms with Crippen LogP contribution < -0.4 is 0 Å². The topological polar surface area (TPSA) is 52.6 Å². The molecule has 156 valence electrons. The highest BCUT2D eigenvalue weighted by molar-refractivity contribution is 5.86. The van der Waals surface area contributed by atoms with E-state index in [-0.39, 0.29) is 0 Å². The van der Waals surface area contributed by atoms with Crippen molar-refractivity contribution in [3.8, 4) is 12.3 Å². The van der Waals surface area contributed by atoms with Gasteiger partial charge in [0.25, 0.3) is 0 Å². The predicted octanol–water partition coefficient (Wildman–Crippen LogP) is 3.76. The van der Waals surface area contributed by atoms with Crippen molar-refractivity contribution < 1.29 is 41.0 Å². The molecule has 29 heavy (non-hydrogen) atoms. The fraction of sp³-hybridized carbons (Fsp3) is 0.400. The number of allylic oxidation sites excluding steroid dienone is 1. The molecule has 0 amide bonds. The van der Waals surface area contributed by atoms with E-state index in [9.17, 15) is 31.5 Å². The van der Waals surface area contributed by atoms with Gasteiger partial charge in [0, 0.05) is 12.0 Å². The SMILES string of the molecule is C#CCc1c(F)c(F)c(COC(=O)C2C(C=C(F)C(=O)OC)C2(C)C)c(F)c1F. The van der Waals surface area contributed by atoms with Gasteiger partial charge in [-0.15, -0.1) is 12.3 Å². The summed E-state index contributed by atoms with van der Waals surface area (Å²) in [6, 6.07) is 0. The first-order valence-electron chi connectivity index (χ1n) is 8.38. The lowest BCUT2D eigenvalue weighted by Gasteiger charge is -2.11. The number of terminal acetylenes is 1. The third-order valence-corrected chi connectivity index (χ3v) is 4.95. The third-order valence-electron chi connectivity index (χ3n) is 4.95. The molecule has 2 unspecified atom stereocenters. The molecule has 0 spiro atoms. The Kier molecular flexibility index (Phi) is 6.36. The van der Waals surface area contributed by atoms with Gasteiger partial charge < -0.3 is 9.47 Å². The predicted molar refractivity (Wildman–Crippen MR) is 90.6 cm³/mol. The number of methoxy groups -OCH3 is 1. The number of carbonyl (C=O) groups is 2. The van der Waals surface area contributed by atoms with Crippen LogP contribution in [0.4, 0.5) is 22.0 Å². The van der Waals surface area contributed by atoms with E-state index in [4.69, 9.17) is 11.2 Å². The molecule has 1 saturated carbocycles. The molecule has 0 aromatic heterocycles. The third kappa shape index (κ3) is 4.11. The highest BCUT2D eigenvalue weighted by Gasteiger charge is 2.62. The normalized spacial score (nSPS) is 20.0. The second kappa shape index (κ2) is 8.23. The molecular weight excluding hydrogens is 399 g/mol. The number of rotatable bonds is 6. The maximum absolute atomic E-state index is 14.1. The Morgan fingerprint density at radius 3 is 2.10 bits per heavy atom. The molecule has 1 fully saturated rings. The monoisotopic (exact) mass is 416 g/mol. The maximum atomic E-state index is 14.1. The zero-order valence-electron chi connectivity index (χ0n) is 15.7. The van der Waals surface area contributed by atoms with Gasteiger partial charge in [0.2, 0.25) is 5.83 Å². The number of hydrogen-bond acceptors (Lipinski definition) is 4. The van der Waals surface area contributed by atoms with Crippen LogP contribution in [0.15, 0.2) is 11.9 Å². The number of ether oxygens (including phenoxy) is 2. The zero-order valence-corrected chi connectivity index (χ0v) is 15.7. The lowest BCUT2D eigenvalue weighted by atomic mass is 10.1. The summed E-state index contributed by atoms with van der Waals surface area (Å²) in [6.07, 6.45) is 5.15. The Labute approximate surface area is 163 Å². The average Bonchev–Trinajstić information content (AvgIpc) is 3.22. The summed E-state index contributed by atoms with van der Waals surface area (Å²) < 4.78 is 78.6. The van der Waals surface area contributed by atoms with Gasteiger partial charge >= 0.3 is 11.9 Å². The van der Waals surface area contributed by atoms with Crippen LogP contribution in [0.1, 0.15) is 25.0 Å². The van der Waals surface area contributed by atoms with Gasteiger partial charge in [0.1, 0.15) is 6.61 Å². The van der Waals surface area contributed by atoms with Crippen LogP contribution in [0.3, 0.4) is 0 Å². The molecular formula is C20H17F5O4. The van der Waals surface area contributed by atoms with Gasteiger partial charge in [0.05, 0.1) is 18.6 Å². The Morgan fingerprint density at radius 1 is 1.10 bits per heavy atom. The summed E-state index contributed by atoms with van der Waals surface area (Å²) in [5.74, 6) is -9.95. The standard InChI is InChI=1S/C20H17F5O4/c1-5-6-9-14(22)16(24)10(17(25)15(9)23)8-29-19(27)13-11(20(13,2)3)7-12(21)18(26)28-4/h1,7,11,13H,6,8H2,2-4H3. The Bertz CT molecular complexity index is 901. The van der Waals surface area contributed by atoms with E-state index in [1.54, 1.807) is 13.8 Å². The molecule has 0 saturated heterocycles. The van der Waals surface area contributed by atoms with E-state index in [1.165, 1.54) is 0 Å². The first kappa shape index (κ1) is 22.4. The van der Waals surface area contributed by atoms with Crippen molar-refractivity contribution in [1.29, 1.82) is 0 Å². The molecule has 9 heteroatoms. The van der Waals surface area contributed by atoms with Crippen molar-refractivity contribution in [2.24, 2.45) is 17.3 Å². The van der Waals surface area contributed by atoms with Gasteiger partial charge in [-0.2, -0.15) is 4.39 Å². The molecule has 2 atom stereocenters. The average molecular weight is 416 g/mol. The van der Waals surface area contributed by atoms with Crippen molar-refractivity contribution >= 4 is 11.9 Å². The minimum Gasteiger partial charge on any atom is -0.464 e. The summed E-state index contributed by atoms with van der Waals surface area (Å²) in [6.45, 7) is 2.09. The second-order valence-corrected chi connectivity index (χ2v) is 7.03.